The molecule has 0 heterocycles. The fraction of sp³-hybridized carbons (Fsp3) is 1.00. The summed E-state index contributed by atoms with van der Waals surface area (Å²) in [4.78, 5) is 0. The van der Waals surface area contributed by atoms with Gasteiger partial charge in [0, 0.05) is 12.5 Å². The lowest BCUT2D eigenvalue weighted by Crippen LogP contribution is -2.42. The topological polar surface area (TPSA) is 32.3 Å². The molecular weight excluding hydrogens is 207 g/mol. The third-order valence-corrected chi connectivity index (χ3v) is 2.77. The van der Waals surface area contributed by atoms with E-state index in [0.29, 0.717) is 6.54 Å². The van der Waals surface area contributed by atoms with Gasteiger partial charge in [-0.15, -0.1) is 0 Å². The molecule has 0 aliphatic heterocycles. The molecule has 2 N–H and O–H groups in total. The minimum absolute atomic E-state index is 0.00742. The average molecular weight is 225 g/mol. The number of nitrogens with one attached hydrogen (secondary N) is 1. The van der Waals surface area contributed by atoms with Gasteiger partial charge >= 0.3 is 6.18 Å². The van der Waals surface area contributed by atoms with E-state index in [9.17, 15) is 18.3 Å². The second-order valence-electron chi connectivity index (χ2n) is 4.13. The van der Waals surface area contributed by atoms with Crippen LogP contribution in [0.1, 0.15) is 38.5 Å². The summed E-state index contributed by atoms with van der Waals surface area (Å²) in [5, 5.41) is 12.5. The van der Waals surface area contributed by atoms with E-state index in [0.717, 1.165) is 25.7 Å². The van der Waals surface area contributed by atoms with Crippen molar-refractivity contribution >= 4 is 0 Å². The van der Waals surface area contributed by atoms with Gasteiger partial charge in [-0.1, -0.05) is 12.8 Å². The molecule has 2 atom stereocenters. The van der Waals surface area contributed by atoms with Crippen molar-refractivity contribution < 1.29 is 18.3 Å². The minimum atomic E-state index is -4.06. The van der Waals surface area contributed by atoms with Crippen molar-refractivity contribution in [1.29, 1.82) is 0 Å². The Labute approximate surface area is 87.9 Å². The number of hydrogen-bond acceptors (Lipinski definition) is 2. The van der Waals surface area contributed by atoms with E-state index < -0.39 is 12.6 Å². The molecule has 0 spiro atoms. The highest BCUT2D eigenvalue weighted by molar-refractivity contribution is 4.80. The lowest BCUT2D eigenvalue weighted by atomic mass is 9.92. The van der Waals surface area contributed by atoms with E-state index >= 15 is 0 Å². The normalized spacial score (nSPS) is 28.0. The summed E-state index contributed by atoms with van der Waals surface area (Å²) >= 11 is 0. The van der Waals surface area contributed by atoms with Gasteiger partial charge in [0.25, 0.3) is 0 Å². The molecule has 2 nitrogen and oxygen atoms in total. The van der Waals surface area contributed by atoms with Crippen molar-refractivity contribution in [2.24, 2.45) is 0 Å². The predicted molar refractivity (Wildman–Crippen MR) is 51.6 cm³/mol. The quantitative estimate of drug-likeness (QED) is 0.719. The molecule has 1 saturated carbocycles. The molecule has 0 radical (unpaired) electrons. The molecule has 0 aromatic rings. The lowest BCUT2D eigenvalue weighted by molar-refractivity contribution is -0.135. The zero-order valence-corrected chi connectivity index (χ0v) is 8.69. The van der Waals surface area contributed by atoms with E-state index in [1.165, 1.54) is 0 Å². The van der Waals surface area contributed by atoms with Gasteiger partial charge in [-0.05, 0) is 25.8 Å². The van der Waals surface area contributed by atoms with Crippen LogP contribution in [0.4, 0.5) is 13.2 Å². The van der Waals surface area contributed by atoms with Gasteiger partial charge in [-0.3, -0.25) is 0 Å². The van der Waals surface area contributed by atoms with Gasteiger partial charge in [0.2, 0.25) is 0 Å². The van der Waals surface area contributed by atoms with Crippen LogP contribution in [-0.4, -0.2) is 30.0 Å². The van der Waals surface area contributed by atoms with Crippen LogP contribution in [0.3, 0.4) is 0 Å². The molecule has 1 rings (SSSR count). The van der Waals surface area contributed by atoms with Crippen LogP contribution in [0.5, 0.6) is 0 Å². The van der Waals surface area contributed by atoms with Crippen molar-refractivity contribution in [2.75, 3.05) is 6.54 Å². The van der Waals surface area contributed by atoms with Crippen molar-refractivity contribution in [3.05, 3.63) is 0 Å². The third kappa shape index (κ3) is 5.37. The number of aliphatic hydroxyl groups excluding tert-OH is 1. The maximum Gasteiger partial charge on any atom is 0.389 e. The molecule has 1 aliphatic rings. The van der Waals surface area contributed by atoms with Crippen LogP contribution in [-0.2, 0) is 0 Å². The Morgan fingerprint density at radius 2 is 1.87 bits per heavy atom. The highest BCUT2D eigenvalue weighted by Gasteiger charge is 2.27. The minimum Gasteiger partial charge on any atom is -0.392 e. The Hall–Kier alpha value is -0.290. The zero-order chi connectivity index (χ0) is 11.3. The van der Waals surface area contributed by atoms with E-state index in [1.54, 1.807) is 0 Å². The first-order valence-electron chi connectivity index (χ1n) is 5.47. The van der Waals surface area contributed by atoms with Gasteiger partial charge < -0.3 is 10.4 Å². The van der Waals surface area contributed by atoms with Gasteiger partial charge in [-0.2, -0.15) is 13.2 Å². The summed E-state index contributed by atoms with van der Waals surface area (Å²) in [6.45, 7) is 0.335. The number of hydrogen-bond donors (Lipinski definition) is 2. The van der Waals surface area contributed by atoms with Crippen molar-refractivity contribution in [3.63, 3.8) is 0 Å². The summed E-state index contributed by atoms with van der Waals surface area (Å²) in [5.74, 6) is 0. The summed E-state index contributed by atoms with van der Waals surface area (Å²) < 4.78 is 35.5. The van der Waals surface area contributed by atoms with Crippen LogP contribution in [0.25, 0.3) is 0 Å². The largest absolute Gasteiger partial charge is 0.392 e. The molecule has 0 aromatic carbocycles. The maximum atomic E-state index is 11.8. The Morgan fingerprint density at radius 3 is 2.47 bits per heavy atom. The fourth-order valence-corrected chi connectivity index (χ4v) is 1.93. The molecule has 15 heavy (non-hydrogen) atoms. The summed E-state index contributed by atoms with van der Waals surface area (Å²) in [6.07, 6.45) is -1.41. The van der Waals surface area contributed by atoms with Crippen LogP contribution in [0.15, 0.2) is 0 Å². The highest BCUT2D eigenvalue weighted by atomic mass is 19.4. The molecule has 0 unspecified atom stereocenters. The molecule has 0 aromatic heterocycles. The molecule has 0 bridgehead atoms. The van der Waals surface area contributed by atoms with Gasteiger partial charge in [-0.25, -0.2) is 0 Å². The first-order valence-corrected chi connectivity index (χ1v) is 5.47. The summed E-state index contributed by atoms with van der Waals surface area (Å²) in [6, 6.07) is -0.00742. The molecule has 90 valence electrons. The molecule has 0 amide bonds. The zero-order valence-electron chi connectivity index (χ0n) is 8.69. The number of halogens is 3. The second kappa shape index (κ2) is 5.70. The number of alkyl halides is 3. The Kier molecular flexibility index (Phi) is 4.86. The van der Waals surface area contributed by atoms with Crippen LogP contribution in [0.2, 0.25) is 0 Å². The number of rotatable bonds is 4. The highest BCUT2D eigenvalue weighted by Crippen LogP contribution is 2.21. The fourth-order valence-electron chi connectivity index (χ4n) is 1.93. The number of aliphatic hydroxyl groups is 1. The summed E-state index contributed by atoms with van der Waals surface area (Å²) in [5.41, 5.74) is 0. The average Bonchev–Trinajstić information content (AvgIpc) is 2.13. The standard InChI is InChI=1S/C10H18F3NO/c11-10(12,13)6-3-7-14-8-4-1-2-5-9(8)15/h8-9,14-15H,1-7H2/t8-,9-/m0/s1. The predicted octanol–water partition coefficient (Wildman–Crippen LogP) is 2.22. The van der Waals surface area contributed by atoms with Gasteiger partial charge in [0.15, 0.2) is 0 Å². The van der Waals surface area contributed by atoms with Crippen LogP contribution >= 0.6 is 0 Å². The molecular formula is C10H18F3NO. The van der Waals surface area contributed by atoms with Crippen LogP contribution in [0, 0.1) is 0 Å². The monoisotopic (exact) mass is 225 g/mol. The maximum absolute atomic E-state index is 11.8. The van der Waals surface area contributed by atoms with E-state index in [-0.39, 0.29) is 18.6 Å². The first-order chi connectivity index (χ1) is 6.99. The summed E-state index contributed by atoms with van der Waals surface area (Å²) in [7, 11) is 0. The van der Waals surface area contributed by atoms with Gasteiger partial charge in [0.05, 0.1) is 6.10 Å². The first kappa shape index (κ1) is 12.8. The van der Waals surface area contributed by atoms with Crippen molar-refractivity contribution in [3.8, 4) is 0 Å². The lowest BCUT2D eigenvalue weighted by Gasteiger charge is -2.28. The van der Waals surface area contributed by atoms with E-state index in [4.69, 9.17) is 0 Å². The Morgan fingerprint density at radius 1 is 1.20 bits per heavy atom. The Bertz CT molecular complexity index is 184. The van der Waals surface area contributed by atoms with Crippen molar-refractivity contribution in [1.82, 2.24) is 5.32 Å². The molecule has 1 fully saturated rings. The van der Waals surface area contributed by atoms with Gasteiger partial charge in [0.1, 0.15) is 0 Å². The third-order valence-electron chi connectivity index (χ3n) is 2.77. The Balaban J connectivity index is 2.08. The van der Waals surface area contributed by atoms with E-state index in [2.05, 4.69) is 5.32 Å². The molecule has 5 heteroatoms. The van der Waals surface area contributed by atoms with Crippen LogP contribution < -0.4 is 5.32 Å². The van der Waals surface area contributed by atoms with Crippen molar-refractivity contribution in [2.45, 2.75) is 56.8 Å². The second-order valence-corrected chi connectivity index (χ2v) is 4.13. The molecule has 1 aliphatic carbocycles. The van der Waals surface area contributed by atoms with E-state index in [1.807, 2.05) is 0 Å². The SMILES string of the molecule is O[C@H]1CCCC[C@@H]1NCCCC(F)(F)F. The smallest absolute Gasteiger partial charge is 0.389 e. The molecule has 0 saturated heterocycles.